The number of rotatable bonds is 4. The molecule has 274 valence electrons. The normalized spacial score (nSPS) is 15.7. The third kappa shape index (κ3) is 4.92. The third-order valence-corrected chi connectivity index (χ3v) is 13.6. The summed E-state index contributed by atoms with van der Waals surface area (Å²) in [7, 11) is 0. The van der Waals surface area contributed by atoms with Crippen molar-refractivity contribution < 1.29 is 0 Å². The smallest absolute Gasteiger partial charge is 0.170 e. The molecule has 10 aromatic rings. The SMILES string of the molecule is CC1(C)c2ccccc2-c2cccc(C3=NC(c4cccc5sc6ccc(-c7ccc8c9ccccc9c9ccccc9c8c7)cc6c45)N=C(c4ccccc4)N3)c21. The minimum Gasteiger partial charge on any atom is -0.324 e. The predicted octanol–water partition coefficient (Wildman–Crippen LogP) is 14.0. The number of hydrogen-bond acceptors (Lipinski definition) is 4. The van der Waals surface area contributed by atoms with Crippen LogP contribution in [0.1, 0.15) is 47.8 Å². The molecule has 1 N–H and O–H groups in total. The fourth-order valence-electron chi connectivity index (χ4n) is 9.85. The highest BCUT2D eigenvalue weighted by Gasteiger charge is 2.38. The molecule has 1 aliphatic carbocycles. The number of fused-ring (bicyclic) bond motifs is 12. The van der Waals surface area contributed by atoms with E-state index in [-0.39, 0.29) is 5.41 Å². The van der Waals surface area contributed by atoms with Crippen molar-refractivity contribution in [1.29, 1.82) is 0 Å². The molecule has 0 fully saturated rings. The number of nitrogens with one attached hydrogen (secondary N) is 1. The molecule has 1 atom stereocenters. The molecule has 2 heterocycles. The number of amidine groups is 2. The highest BCUT2D eigenvalue weighted by molar-refractivity contribution is 7.25. The zero-order chi connectivity index (χ0) is 38.5. The summed E-state index contributed by atoms with van der Waals surface area (Å²) in [5.41, 5.74) is 10.7. The second kappa shape index (κ2) is 12.6. The molecule has 0 saturated heterocycles. The van der Waals surface area contributed by atoms with E-state index in [0.29, 0.717) is 0 Å². The van der Waals surface area contributed by atoms with Gasteiger partial charge in [-0.2, -0.15) is 0 Å². The van der Waals surface area contributed by atoms with Crippen LogP contribution in [-0.2, 0) is 5.41 Å². The molecular weight excluding hydrogens is 723 g/mol. The van der Waals surface area contributed by atoms with Crippen LogP contribution in [0.5, 0.6) is 0 Å². The van der Waals surface area contributed by atoms with Crippen molar-refractivity contribution in [3.05, 3.63) is 204 Å². The van der Waals surface area contributed by atoms with E-state index < -0.39 is 6.17 Å². The maximum atomic E-state index is 5.53. The third-order valence-electron chi connectivity index (χ3n) is 12.5. The van der Waals surface area contributed by atoms with Gasteiger partial charge in [-0.1, -0.05) is 166 Å². The van der Waals surface area contributed by atoms with E-state index in [1.165, 1.54) is 85.9 Å². The summed E-state index contributed by atoms with van der Waals surface area (Å²) in [4.78, 5) is 10.9. The molecule has 0 radical (unpaired) electrons. The summed E-state index contributed by atoms with van der Waals surface area (Å²) in [5, 5.41) is 13.9. The monoisotopic (exact) mass is 759 g/mol. The van der Waals surface area contributed by atoms with Crippen molar-refractivity contribution >= 4 is 75.5 Å². The average Bonchev–Trinajstić information content (AvgIpc) is 3.78. The largest absolute Gasteiger partial charge is 0.324 e. The lowest BCUT2D eigenvalue weighted by molar-refractivity contribution is 0.658. The highest BCUT2D eigenvalue weighted by Crippen LogP contribution is 2.50. The van der Waals surface area contributed by atoms with Gasteiger partial charge < -0.3 is 5.32 Å². The van der Waals surface area contributed by atoms with Crippen molar-refractivity contribution in [2.45, 2.75) is 25.4 Å². The molecular formula is C54H37N3S. The molecule has 0 bridgehead atoms. The van der Waals surface area contributed by atoms with Crippen molar-refractivity contribution in [1.82, 2.24) is 5.32 Å². The number of benzene rings is 9. The van der Waals surface area contributed by atoms with Gasteiger partial charge in [0.2, 0.25) is 0 Å². The maximum Gasteiger partial charge on any atom is 0.170 e. The quantitative estimate of drug-likeness (QED) is 0.178. The Kier molecular flexibility index (Phi) is 7.21. The Morgan fingerprint density at radius 3 is 1.81 bits per heavy atom. The molecule has 3 nitrogen and oxygen atoms in total. The lowest BCUT2D eigenvalue weighted by Crippen LogP contribution is -2.37. The number of nitrogens with zero attached hydrogens (tertiary/aromatic N) is 2. The van der Waals surface area contributed by atoms with E-state index in [9.17, 15) is 0 Å². The zero-order valence-corrected chi connectivity index (χ0v) is 32.9. The Morgan fingerprint density at radius 1 is 0.448 bits per heavy atom. The molecule has 1 aliphatic heterocycles. The summed E-state index contributed by atoms with van der Waals surface area (Å²) >= 11 is 1.84. The number of thiophene rings is 1. The molecule has 9 aromatic carbocycles. The Balaban J connectivity index is 1.04. The van der Waals surface area contributed by atoms with Gasteiger partial charge in [-0.15, -0.1) is 11.3 Å². The second-order valence-corrected chi connectivity index (χ2v) is 17.2. The summed E-state index contributed by atoms with van der Waals surface area (Å²) in [5.74, 6) is 1.68. The molecule has 0 amide bonds. The van der Waals surface area contributed by atoms with Crippen LogP contribution < -0.4 is 5.32 Å². The van der Waals surface area contributed by atoms with Crippen LogP contribution in [0.3, 0.4) is 0 Å². The van der Waals surface area contributed by atoms with E-state index in [1.807, 2.05) is 11.3 Å². The van der Waals surface area contributed by atoms with Gasteiger partial charge in [-0.25, -0.2) is 9.98 Å². The number of aliphatic imine (C=N–C) groups is 2. The first-order valence-corrected chi connectivity index (χ1v) is 20.8. The number of hydrogen-bond donors (Lipinski definition) is 1. The van der Waals surface area contributed by atoms with E-state index in [1.54, 1.807) is 0 Å². The second-order valence-electron chi connectivity index (χ2n) is 16.1. The molecule has 2 aliphatic rings. The van der Waals surface area contributed by atoms with E-state index >= 15 is 0 Å². The van der Waals surface area contributed by atoms with Gasteiger partial charge in [0.15, 0.2) is 6.17 Å². The first-order valence-electron chi connectivity index (χ1n) is 20.0. The van der Waals surface area contributed by atoms with Gasteiger partial charge in [-0.05, 0) is 90.0 Å². The van der Waals surface area contributed by atoms with Gasteiger partial charge in [0.05, 0.1) is 0 Å². The van der Waals surface area contributed by atoms with Crippen LogP contribution in [0.15, 0.2) is 186 Å². The van der Waals surface area contributed by atoms with Gasteiger partial charge in [0, 0.05) is 42.3 Å². The van der Waals surface area contributed by atoms with Crippen LogP contribution >= 0.6 is 11.3 Å². The van der Waals surface area contributed by atoms with Crippen LogP contribution in [-0.4, -0.2) is 11.7 Å². The van der Waals surface area contributed by atoms with Crippen LogP contribution in [0.2, 0.25) is 0 Å². The average molecular weight is 760 g/mol. The van der Waals surface area contributed by atoms with Crippen LogP contribution in [0, 0.1) is 0 Å². The molecule has 58 heavy (non-hydrogen) atoms. The Morgan fingerprint density at radius 2 is 1.03 bits per heavy atom. The first kappa shape index (κ1) is 33.3. The van der Waals surface area contributed by atoms with E-state index in [4.69, 9.17) is 9.98 Å². The molecule has 1 unspecified atom stereocenters. The molecule has 0 saturated carbocycles. The van der Waals surface area contributed by atoms with Gasteiger partial charge in [-0.3, -0.25) is 0 Å². The fourth-order valence-corrected chi connectivity index (χ4v) is 11.0. The van der Waals surface area contributed by atoms with Gasteiger partial charge >= 0.3 is 0 Å². The Bertz CT molecular complexity index is 3370. The standard InChI is InChI=1S/C54H37N3S/c1-54(2)46-24-11-10-20-40(46)41-21-12-23-43(50(41)54)53-56-51(32-14-4-3-5-15-32)55-52(57-53)42-22-13-25-48-49(42)45-31-34(27-29-47(45)58-48)33-26-28-39-37-18-7-6-16-35(37)36-17-8-9-19-38(36)44(39)30-33/h3-31,52H,1-2H3,(H,55,56,57). The Hall–Kier alpha value is -6.88. The van der Waals surface area contributed by atoms with E-state index in [0.717, 1.165) is 28.4 Å². The van der Waals surface area contributed by atoms with Gasteiger partial charge in [0.25, 0.3) is 0 Å². The lowest BCUT2D eigenvalue weighted by Gasteiger charge is -2.28. The first-order chi connectivity index (χ1) is 28.5. The summed E-state index contributed by atoms with van der Waals surface area (Å²) < 4.78 is 2.50. The molecule has 0 spiro atoms. The van der Waals surface area contributed by atoms with Crippen molar-refractivity contribution in [3.63, 3.8) is 0 Å². The van der Waals surface area contributed by atoms with Crippen molar-refractivity contribution in [2.75, 3.05) is 0 Å². The fraction of sp³-hybridized carbons (Fsp3) is 0.0741. The Labute approximate surface area is 340 Å². The molecule has 12 rings (SSSR count). The lowest BCUT2D eigenvalue weighted by atomic mass is 9.80. The van der Waals surface area contributed by atoms with Crippen LogP contribution in [0.25, 0.3) is 74.7 Å². The van der Waals surface area contributed by atoms with E-state index in [2.05, 4.69) is 195 Å². The highest BCUT2D eigenvalue weighted by atomic mass is 32.1. The maximum absolute atomic E-state index is 5.53. The summed E-state index contributed by atoms with van der Waals surface area (Å²) in [6.45, 7) is 4.68. The predicted molar refractivity (Wildman–Crippen MR) is 247 cm³/mol. The molecule has 1 aromatic heterocycles. The minimum absolute atomic E-state index is 0.189. The van der Waals surface area contributed by atoms with Gasteiger partial charge in [0.1, 0.15) is 11.7 Å². The summed E-state index contributed by atoms with van der Waals surface area (Å²) in [6.07, 6.45) is -0.445. The summed E-state index contributed by atoms with van der Waals surface area (Å²) in [6, 6.07) is 64.1. The van der Waals surface area contributed by atoms with Crippen molar-refractivity contribution in [3.8, 4) is 22.3 Å². The zero-order valence-electron chi connectivity index (χ0n) is 32.1. The topological polar surface area (TPSA) is 36.8 Å². The minimum atomic E-state index is -0.445. The molecule has 4 heteroatoms. The van der Waals surface area contributed by atoms with Crippen molar-refractivity contribution in [2.24, 2.45) is 9.98 Å². The van der Waals surface area contributed by atoms with Crippen LogP contribution in [0.4, 0.5) is 0 Å².